The summed E-state index contributed by atoms with van der Waals surface area (Å²) in [5.41, 5.74) is -0.132. The molecule has 2 aromatic rings. The predicted molar refractivity (Wildman–Crippen MR) is 85.7 cm³/mol. The Morgan fingerprint density at radius 1 is 1.17 bits per heavy atom. The van der Waals surface area contributed by atoms with Gasteiger partial charge in [0.1, 0.15) is 10.7 Å². The number of nitrogens with zero attached hydrogens (tertiary/aromatic N) is 2. The molecule has 0 fully saturated rings. The fourth-order valence-electron chi connectivity index (χ4n) is 1.86. The topological polar surface area (TPSA) is 140 Å². The number of pyridine rings is 1. The first-order valence-corrected chi connectivity index (χ1v) is 8.12. The van der Waals surface area contributed by atoms with Crippen LogP contribution in [-0.2, 0) is 10.0 Å². The van der Waals surface area contributed by atoms with Crippen LogP contribution in [0.25, 0.3) is 0 Å². The van der Waals surface area contributed by atoms with Crippen LogP contribution in [0.2, 0.25) is 0 Å². The van der Waals surface area contributed by atoms with Gasteiger partial charge in [0, 0.05) is 31.4 Å². The molecule has 0 aliphatic rings. The molecule has 4 N–H and O–H groups in total. The van der Waals surface area contributed by atoms with Crippen LogP contribution < -0.4 is 15.8 Å². The van der Waals surface area contributed by atoms with E-state index in [0.29, 0.717) is 18.9 Å². The van der Waals surface area contributed by atoms with E-state index in [1.54, 1.807) is 18.3 Å². The molecule has 0 saturated carbocycles. The van der Waals surface area contributed by atoms with Gasteiger partial charge < -0.3 is 10.6 Å². The molecular weight excluding hydrogens is 322 g/mol. The van der Waals surface area contributed by atoms with Crippen LogP contribution >= 0.6 is 0 Å². The number of anilines is 2. The van der Waals surface area contributed by atoms with Gasteiger partial charge in [0.2, 0.25) is 10.0 Å². The number of sulfonamides is 1. The number of aromatic nitrogens is 1. The fourth-order valence-corrected chi connectivity index (χ4v) is 2.59. The number of non-ortho nitro benzene ring substituents is 1. The number of benzene rings is 1. The van der Waals surface area contributed by atoms with Crippen molar-refractivity contribution in [3.63, 3.8) is 0 Å². The minimum Gasteiger partial charge on any atom is -0.382 e. The number of primary sulfonamides is 1. The summed E-state index contributed by atoms with van der Waals surface area (Å²) in [6.07, 6.45) is 1.64. The van der Waals surface area contributed by atoms with Gasteiger partial charge in [-0.05, 0) is 18.2 Å². The molecule has 0 amide bonds. The zero-order chi connectivity index (χ0) is 16.9. The van der Waals surface area contributed by atoms with Gasteiger partial charge in [-0.15, -0.1) is 0 Å². The monoisotopic (exact) mass is 337 g/mol. The van der Waals surface area contributed by atoms with Crippen LogP contribution in [0.4, 0.5) is 17.2 Å². The second kappa shape index (κ2) is 7.03. The minimum atomic E-state index is -4.08. The quantitative estimate of drug-likeness (QED) is 0.391. The van der Waals surface area contributed by atoms with Crippen molar-refractivity contribution in [3.05, 3.63) is 52.7 Å². The molecule has 0 unspecified atom stereocenters. The first kappa shape index (κ1) is 16.6. The molecule has 0 atom stereocenters. The van der Waals surface area contributed by atoms with Gasteiger partial charge in [0.05, 0.1) is 10.6 Å². The van der Waals surface area contributed by atoms with Crippen molar-refractivity contribution in [2.24, 2.45) is 5.14 Å². The molecule has 1 aromatic carbocycles. The van der Waals surface area contributed by atoms with Gasteiger partial charge in [0.25, 0.3) is 5.69 Å². The SMILES string of the molecule is NS(=O)(=O)c1cc([N+](=O)[O-])ccc1NCCNc1ccccn1. The third-order valence-electron chi connectivity index (χ3n) is 2.89. The highest BCUT2D eigenvalue weighted by atomic mass is 32.2. The van der Waals surface area contributed by atoms with Crippen LogP contribution in [0.5, 0.6) is 0 Å². The normalized spacial score (nSPS) is 11.0. The van der Waals surface area contributed by atoms with Crippen molar-refractivity contribution in [1.82, 2.24) is 4.98 Å². The average Bonchev–Trinajstić information content (AvgIpc) is 2.51. The Morgan fingerprint density at radius 3 is 2.52 bits per heavy atom. The number of nitrogens with two attached hydrogens (primary N) is 1. The van der Waals surface area contributed by atoms with Gasteiger partial charge in [-0.25, -0.2) is 18.5 Å². The van der Waals surface area contributed by atoms with Crippen LogP contribution in [0.15, 0.2) is 47.5 Å². The molecule has 0 aliphatic heterocycles. The molecule has 0 saturated heterocycles. The summed E-state index contributed by atoms with van der Waals surface area (Å²) in [6, 6.07) is 8.88. The van der Waals surface area contributed by atoms with Crippen molar-refractivity contribution >= 4 is 27.2 Å². The maximum atomic E-state index is 11.6. The molecule has 0 radical (unpaired) electrons. The Labute approximate surface area is 132 Å². The lowest BCUT2D eigenvalue weighted by molar-refractivity contribution is -0.385. The van der Waals surface area contributed by atoms with E-state index in [1.807, 2.05) is 6.07 Å². The molecule has 0 bridgehead atoms. The molecule has 2 rings (SSSR count). The lowest BCUT2D eigenvalue weighted by Crippen LogP contribution is -2.18. The zero-order valence-corrected chi connectivity index (χ0v) is 12.8. The lowest BCUT2D eigenvalue weighted by Gasteiger charge is -2.11. The Balaban J connectivity index is 2.06. The predicted octanol–water partition coefficient (Wildman–Crippen LogP) is 1.16. The summed E-state index contributed by atoms with van der Waals surface area (Å²) in [5, 5.41) is 21.8. The molecule has 1 heterocycles. The maximum absolute atomic E-state index is 11.6. The Hall–Kier alpha value is -2.72. The maximum Gasteiger partial charge on any atom is 0.270 e. The van der Waals surface area contributed by atoms with Crippen LogP contribution in [-0.4, -0.2) is 31.4 Å². The van der Waals surface area contributed by atoms with Crippen molar-refractivity contribution < 1.29 is 13.3 Å². The number of hydrogen-bond donors (Lipinski definition) is 3. The molecule has 10 heteroatoms. The molecule has 9 nitrogen and oxygen atoms in total. The third kappa shape index (κ3) is 4.63. The van der Waals surface area contributed by atoms with E-state index in [9.17, 15) is 18.5 Å². The summed E-state index contributed by atoms with van der Waals surface area (Å²) in [7, 11) is -4.08. The van der Waals surface area contributed by atoms with Gasteiger partial charge in [-0.2, -0.15) is 0 Å². The number of nitrogens with one attached hydrogen (secondary N) is 2. The van der Waals surface area contributed by atoms with E-state index in [0.717, 1.165) is 6.07 Å². The van der Waals surface area contributed by atoms with Gasteiger partial charge in [-0.1, -0.05) is 6.07 Å². The Morgan fingerprint density at radius 2 is 1.91 bits per heavy atom. The molecule has 0 aliphatic carbocycles. The standard InChI is InChI=1S/C13H15N5O4S/c14-23(21,22)12-9-10(18(19)20)4-5-11(12)15-7-8-17-13-3-1-2-6-16-13/h1-6,9,15H,7-8H2,(H,16,17)(H2,14,21,22). The van der Waals surface area contributed by atoms with Crippen molar-refractivity contribution in [1.29, 1.82) is 0 Å². The van der Waals surface area contributed by atoms with Crippen molar-refractivity contribution in [3.8, 4) is 0 Å². The summed E-state index contributed by atoms with van der Waals surface area (Å²) >= 11 is 0. The van der Waals surface area contributed by atoms with Gasteiger partial charge in [0.15, 0.2) is 0 Å². The summed E-state index contributed by atoms with van der Waals surface area (Å²) < 4.78 is 23.1. The van der Waals surface area contributed by atoms with Crippen LogP contribution in [0.1, 0.15) is 0 Å². The van der Waals surface area contributed by atoms with Gasteiger partial charge >= 0.3 is 0 Å². The highest BCUT2D eigenvalue weighted by Gasteiger charge is 2.18. The molecule has 23 heavy (non-hydrogen) atoms. The van der Waals surface area contributed by atoms with Crippen LogP contribution in [0, 0.1) is 10.1 Å². The summed E-state index contributed by atoms with van der Waals surface area (Å²) in [5.74, 6) is 0.685. The van der Waals surface area contributed by atoms with E-state index >= 15 is 0 Å². The molecule has 0 spiro atoms. The van der Waals surface area contributed by atoms with E-state index in [2.05, 4.69) is 15.6 Å². The average molecular weight is 337 g/mol. The largest absolute Gasteiger partial charge is 0.382 e. The minimum absolute atomic E-state index is 0.209. The van der Waals surface area contributed by atoms with Crippen molar-refractivity contribution in [2.45, 2.75) is 4.90 Å². The molecule has 1 aromatic heterocycles. The van der Waals surface area contributed by atoms with Crippen molar-refractivity contribution in [2.75, 3.05) is 23.7 Å². The Kier molecular flexibility index (Phi) is 5.09. The number of hydrogen-bond acceptors (Lipinski definition) is 7. The molecular formula is C13H15N5O4S. The number of rotatable bonds is 7. The van der Waals surface area contributed by atoms with E-state index in [-0.39, 0.29) is 16.3 Å². The second-order valence-electron chi connectivity index (χ2n) is 4.55. The lowest BCUT2D eigenvalue weighted by atomic mass is 10.3. The number of nitro groups is 1. The van der Waals surface area contributed by atoms with Gasteiger partial charge in [-0.3, -0.25) is 10.1 Å². The zero-order valence-electron chi connectivity index (χ0n) is 12.0. The molecule has 122 valence electrons. The van der Waals surface area contributed by atoms with E-state index < -0.39 is 14.9 Å². The summed E-state index contributed by atoms with van der Waals surface area (Å²) in [4.78, 5) is 13.8. The number of nitro benzene ring substituents is 1. The first-order chi connectivity index (χ1) is 10.9. The van der Waals surface area contributed by atoms with Crippen LogP contribution in [0.3, 0.4) is 0 Å². The first-order valence-electron chi connectivity index (χ1n) is 6.58. The third-order valence-corrected chi connectivity index (χ3v) is 3.84. The fraction of sp³-hybridized carbons (Fsp3) is 0.154. The summed E-state index contributed by atoms with van der Waals surface area (Å²) in [6.45, 7) is 0.842. The smallest absolute Gasteiger partial charge is 0.270 e. The van der Waals surface area contributed by atoms with E-state index in [4.69, 9.17) is 5.14 Å². The second-order valence-corrected chi connectivity index (χ2v) is 6.08. The highest BCUT2D eigenvalue weighted by Crippen LogP contribution is 2.25. The van der Waals surface area contributed by atoms with E-state index in [1.165, 1.54) is 12.1 Å². The highest BCUT2D eigenvalue weighted by molar-refractivity contribution is 7.89. The Bertz CT molecular complexity index is 795.